The summed E-state index contributed by atoms with van der Waals surface area (Å²) in [5, 5.41) is 22.9. The number of carbonyl (C=O) groups is 1. The van der Waals surface area contributed by atoms with E-state index in [1.807, 2.05) is 6.07 Å². The van der Waals surface area contributed by atoms with Crippen molar-refractivity contribution in [2.45, 2.75) is 32.9 Å². The van der Waals surface area contributed by atoms with Crippen LogP contribution < -0.4 is 5.32 Å². The van der Waals surface area contributed by atoms with Crippen LogP contribution in [0, 0.1) is 17.0 Å². The Kier molecular flexibility index (Phi) is 6.19. The van der Waals surface area contributed by atoms with Crippen molar-refractivity contribution in [1.29, 1.82) is 0 Å². The van der Waals surface area contributed by atoms with Gasteiger partial charge in [0.15, 0.2) is 11.9 Å². The van der Waals surface area contributed by atoms with Crippen molar-refractivity contribution >= 4 is 40.7 Å². The molecule has 0 fully saturated rings. The van der Waals surface area contributed by atoms with Crippen molar-refractivity contribution in [2.75, 3.05) is 5.32 Å². The van der Waals surface area contributed by atoms with E-state index < -0.39 is 11.0 Å². The summed E-state index contributed by atoms with van der Waals surface area (Å²) in [6, 6.07) is 7.62. The maximum atomic E-state index is 12.7. The quantitative estimate of drug-likeness (QED) is 0.439. The lowest BCUT2D eigenvalue weighted by molar-refractivity contribution is -0.389. The number of hydrogen-bond acceptors (Lipinski definition) is 5. The van der Waals surface area contributed by atoms with Gasteiger partial charge in [-0.25, -0.2) is 0 Å². The second-order valence-electron chi connectivity index (χ2n) is 6.41. The number of amides is 1. The third-order valence-electron chi connectivity index (χ3n) is 4.30. The molecular weight excluding hydrogens is 419 g/mol. The van der Waals surface area contributed by atoms with E-state index in [1.165, 1.54) is 10.7 Å². The van der Waals surface area contributed by atoms with Gasteiger partial charge in [0.05, 0.1) is 33.4 Å². The highest BCUT2D eigenvalue weighted by Crippen LogP contribution is 2.23. The summed E-state index contributed by atoms with van der Waals surface area (Å²) in [5.74, 6) is -0.277. The molecule has 2 heterocycles. The molecule has 1 N–H and O–H groups in total. The van der Waals surface area contributed by atoms with E-state index in [1.54, 1.807) is 42.9 Å². The summed E-state index contributed by atoms with van der Waals surface area (Å²) >= 11 is 12.0. The molecule has 29 heavy (non-hydrogen) atoms. The van der Waals surface area contributed by atoms with E-state index in [0.717, 1.165) is 5.56 Å². The summed E-state index contributed by atoms with van der Waals surface area (Å²) in [7, 11) is 0. The van der Waals surface area contributed by atoms with E-state index in [2.05, 4.69) is 15.5 Å². The molecule has 2 aromatic heterocycles. The molecule has 3 rings (SSSR count). The molecule has 9 nitrogen and oxygen atoms in total. The van der Waals surface area contributed by atoms with Gasteiger partial charge in [0.2, 0.25) is 0 Å². The fourth-order valence-corrected chi connectivity index (χ4v) is 3.22. The number of carbonyl (C=O) groups excluding carboxylic acids is 1. The van der Waals surface area contributed by atoms with Gasteiger partial charge in [-0.1, -0.05) is 36.2 Å². The fourth-order valence-electron chi connectivity index (χ4n) is 2.90. The Morgan fingerprint density at radius 2 is 2.00 bits per heavy atom. The zero-order valence-corrected chi connectivity index (χ0v) is 17.2. The molecule has 1 unspecified atom stereocenters. The molecule has 0 spiro atoms. The normalized spacial score (nSPS) is 12.0. The number of nitrogens with one attached hydrogen (secondary N) is 1. The molecule has 0 radical (unpaired) electrons. The van der Waals surface area contributed by atoms with Crippen LogP contribution in [0.5, 0.6) is 0 Å². The average Bonchev–Trinajstić information content (AvgIpc) is 3.26. The molecule has 3 aromatic rings. The van der Waals surface area contributed by atoms with Gasteiger partial charge in [-0.15, -0.1) is 0 Å². The molecule has 1 atom stereocenters. The fraction of sp³-hybridized carbons (Fsp3) is 0.278. The lowest BCUT2D eigenvalue weighted by atomic mass is 10.2. The monoisotopic (exact) mass is 436 g/mol. The maximum Gasteiger partial charge on any atom is 0.390 e. The highest BCUT2D eigenvalue weighted by Gasteiger charge is 2.27. The first kappa shape index (κ1) is 20.8. The van der Waals surface area contributed by atoms with Gasteiger partial charge in [0.1, 0.15) is 0 Å². The van der Waals surface area contributed by atoms with E-state index in [0.29, 0.717) is 34.5 Å². The Morgan fingerprint density at radius 1 is 1.24 bits per heavy atom. The number of benzene rings is 1. The molecule has 0 aliphatic carbocycles. The molecule has 0 aliphatic heterocycles. The number of aromatic nitrogens is 4. The Balaban J connectivity index is 1.71. The minimum absolute atomic E-state index is 0.292. The Morgan fingerprint density at radius 3 is 2.62 bits per heavy atom. The molecule has 1 amide bonds. The van der Waals surface area contributed by atoms with Crippen molar-refractivity contribution in [1.82, 2.24) is 19.6 Å². The number of nitrogens with zero attached hydrogens (tertiary/aromatic N) is 5. The van der Waals surface area contributed by atoms with Gasteiger partial charge in [-0.2, -0.15) is 9.78 Å². The summed E-state index contributed by atoms with van der Waals surface area (Å²) in [5.41, 5.74) is 1.44. The Bertz CT molecular complexity index is 1060. The number of halogens is 2. The topological polar surface area (TPSA) is 108 Å². The van der Waals surface area contributed by atoms with Crippen LogP contribution >= 0.6 is 23.2 Å². The first-order chi connectivity index (χ1) is 13.8. The summed E-state index contributed by atoms with van der Waals surface area (Å²) in [6.07, 6.45) is 2.14. The van der Waals surface area contributed by atoms with Crippen LogP contribution in [0.3, 0.4) is 0 Å². The van der Waals surface area contributed by atoms with Crippen LogP contribution in [0.2, 0.25) is 10.0 Å². The van der Waals surface area contributed by atoms with E-state index in [4.69, 9.17) is 23.2 Å². The van der Waals surface area contributed by atoms with Crippen LogP contribution in [0.25, 0.3) is 0 Å². The zero-order valence-electron chi connectivity index (χ0n) is 15.7. The smallest absolute Gasteiger partial charge is 0.358 e. The van der Waals surface area contributed by atoms with Gasteiger partial charge in [-0.05, 0) is 36.0 Å². The lowest BCUT2D eigenvalue weighted by Gasteiger charge is -2.13. The van der Waals surface area contributed by atoms with Crippen molar-refractivity contribution < 1.29 is 9.72 Å². The molecule has 0 aliphatic rings. The number of anilines is 1. The molecule has 152 valence electrons. The van der Waals surface area contributed by atoms with Crippen molar-refractivity contribution in [2.24, 2.45) is 0 Å². The number of hydrogen-bond donors (Lipinski definition) is 1. The van der Waals surface area contributed by atoms with Crippen LogP contribution in [0.4, 0.5) is 11.6 Å². The highest BCUT2D eigenvalue weighted by atomic mass is 35.5. The first-order valence-electron chi connectivity index (χ1n) is 8.77. The predicted octanol–water partition coefficient (Wildman–Crippen LogP) is 4.24. The molecule has 0 saturated heterocycles. The number of aryl methyl sites for hydroxylation is 1. The minimum Gasteiger partial charge on any atom is -0.358 e. The largest absolute Gasteiger partial charge is 0.390 e. The third kappa shape index (κ3) is 4.75. The van der Waals surface area contributed by atoms with Crippen LogP contribution in [0.1, 0.15) is 30.6 Å². The molecular formula is C18H18Cl2N6O3. The van der Waals surface area contributed by atoms with Gasteiger partial charge in [-0.3, -0.25) is 9.48 Å². The third-order valence-corrected chi connectivity index (χ3v) is 5.04. The van der Waals surface area contributed by atoms with Gasteiger partial charge >= 0.3 is 5.82 Å². The Hall–Kier alpha value is -2.91. The molecule has 0 saturated carbocycles. The van der Waals surface area contributed by atoms with Crippen molar-refractivity contribution in [3.8, 4) is 0 Å². The Labute approximate surface area is 176 Å². The zero-order chi connectivity index (χ0) is 21.1. The lowest BCUT2D eigenvalue weighted by Crippen LogP contribution is -2.27. The van der Waals surface area contributed by atoms with Crippen LogP contribution in [-0.2, 0) is 11.3 Å². The number of rotatable bonds is 7. The van der Waals surface area contributed by atoms with Crippen molar-refractivity contribution in [3.63, 3.8) is 0 Å². The van der Waals surface area contributed by atoms with E-state index >= 15 is 0 Å². The van der Waals surface area contributed by atoms with Gasteiger partial charge in [0, 0.05) is 12.3 Å². The van der Waals surface area contributed by atoms with E-state index in [-0.39, 0.29) is 11.7 Å². The molecule has 11 heteroatoms. The highest BCUT2D eigenvalue weighted by molar-refractivity contribution is 6.42. The van der Waals surface area contributed by atoms with Gasteiger partial charge in [0.25, 0.3) is 5.91 Å². The average molecular weight is 437 g/mol. The first-order valence-corrected chi connectivity index (χ1v) is 9.53. The summed E-state index contributed by atoms with van der Waals surface area (Å²) < 4.78 is 3.01. The second-order valence-corrected chi connectivity index (χ2v) is 7.22. The van der Waals surface area contributed by atoms with Crippen LogP contribution in [-0.4, -0.2) is 30.4 Å². The minimum atomic E-state index is -0.691. The maximum absolute atomic E-state index is 12.7. The summed E-state index contributed by atoms with van der Waals surface area (Å²) in [6.45, 7) is 3.93. The summed E-state index contributed by atoms with van der Waals surface area (Å²) in [4.78, 5) is 23.0. The molecule has 1 aromatic carbocycles. The predicted molar refractivity (Wildman–Crippen MR) is 109 cm³/mol. The van der Waals surface area contributed by atoms with Crippen molar-refractivity contribution in [3.05, 3.63) is 67.9 Å². The second kappa shape index (κ2) is 8.62. The van der Waals surface area contributed by atoms with Crippen LogP contribution in [0.15, 0.2) is 36.5 Å². The molecule has 0 bridgehead atoms. The number of nitro groups is 1. The van der Waals surface area contributed by atoms with E-state index in [9.17, 15) is 14.9 Å². The van der Waals surface area contributed by atoms with Gasteiger partial charge < -0.3 is 15.4 Å². The SMILES string of the molecule is CCC(C(=O)Nc1ccn(Cc2ccc(Cl)c(Cl)c2)n1)n1nc([N+](=O)[O-])cc1C. The standard InChI is InChI=1S/C18H18Cl2N6O3/c1-3-15(25-11(2)8-17(23-25)26(28)29)18(27)21-16-6-7-24(22-16)10-12-4-5-13(19)14(20)9-12/h4-9,15H,3,10H2,1-2H3,(H,21,22,27).